The van der Waals surface area contributed by atoms with Crippen LogP contribution in [-0.2, 0) is 33.8 Å². The molecule has 2 fully saturated rings. The van der Waals surface area contributed by atoms with Gasteiger partial charge in [-0.15, -0.1) is 0 Å². The summed E-state index contributed by atoms with van der Waals surface area (Å²) in [6.07, 6.45) is -1.31. The molecule has 2 heterocycles. The molecule has 0 spiro atoms. The van der Waals surface area contributed by atoms with E-state index in [0.717, 1.165) is 23.4 Å². The van der Waals surface area contributed by atoms with Gasteiger partial charge >= 0.3 is 12.1 Å². The summed E-state index contributed by atoms with van der Waals surface area (Å²) in [7, 11) is -3.17. The number of alkyl halides is 3. The first-order valence-corrected chi connectivity index (χ1v) is 15.2. The van der Waals surface area contributed by atoms with Gasteiger partial charge in [-0.3, -0.25) is 4.79 Å². The molecule has 3 aliphatic carbocycles. The molecular weight excluding hydrogens is 580 g/mol. The van der Waals surface area contributed by atoms with E-state index in [9.17, 15) is 35.9 Å². The van der Waals surface area contributed by atoms with Gasteiger partial charge in [-0.25, -0.2) is 22.8 Å². The average Bonchev–Trinajstić information content (AvgIpc) is 3.46. The highest BCUT2D eigenvalue weighted by molar-refractivity contribution is 7.91. The molecule has 8 nitrogen and oxygen atoms in total. The quantitative estimate of drug-likeness (QED) is 0.352. The van der Waals surface area contributed by atoms with E-state index in [2.05, 4.69) is 9.97 Å². The summed E-state index contributed by atoms with van der Waals surface area (Å²) in [5.41, 5.74) is 0.539. The summed E-state index contributed by atoms with van der Waals surface area (Å²) < 4.78 is 91.4. The third kappa shape index (κ3) is 5.18. The van der Waals surface area contributed by atoms with Gasteiger partial charge < -0.3 is 14.6 Å². The predicted octanol–water partition coefficient (Wildman–Crippen LogP) is 5.11. The first kappa shape index (κ1) is 28.4. The number of nitrogens with zero attached hydrogens (tertiary/aromatic N) is 2. The molecule has 1 N–H and O–H groups in total. The largest absolute Gasteiger partial charge is 0.481 e. The van der Waals surface area contributed by atoms with Crippen molar-refractivity contribution < 1.29 is 45.4 Å². The second-order valence-corrected chi connectivity index (χ2v) is 13.5. The summed E-state index contributed by atoms with van der Waals surface area (Å²) in [6, 6.07) is 6.01. The lowest BCUT2D eigenvalue weighted by molar-refractivity contribution is -0.139. The molecular formula is C29H26F4N2O6S. The van der Waals surface area contributed by atoms with Crippen LogP contribution in [0.3, 0.4) is 0 Å². The van der Waals surface area contributed by atoms with Crippen molar-refractivity contribution in [2.24, 2.45) is 11.8 Å². The Morgan fingerprint density at radius 1 is 1.12 bits per heavy atom. The van der Waals surface area contributed by atoms with Crippen LogP contribution in [0, 0.1) is 24.6 Å². The molecule has 0 amide bonds. The van der Waals surface area contributed by atoms with Crippen LogP contribution in [0.15, 0.2) is 36.5 Å². The number of sulfone groups is 1. The Hall–Kier alpha value is -3.74. The van der Waals surface area contributed by atoms with Crippen molar-refractivity contribution >= 4 is 15.8 Å². The predicted molar refractivity (Wildman–Crippen MR) is 141 cm³/mol. The first-order valence-electron chi connectivity index (χ1n) is 13.3. The number of aromatic nitrogens is 2. The Morgan fingerprint density at radius 2 is 1.86 bits per heavy atom. The molecule has 0 bridgehead atoms. The SMILES string of the molecule is Cc1nc(OC2CC(S(C)(=O)=O)C2)ccc1-c1cc(COc2cc3c(cn2)[C@H]2[C@@H](C3)[C@@H]2C(=O)O)c(F)cc1C(F)(F)F. The van der Waals surface area contributed by atoms with Gasteiger partial charge in [0.25, 0.3) is 0 Å². The molecule has 6 rings (SSSR count). The normalized spacial score (nSPS) is 24.4. The van der Waals surface area contributed by atoms with Gasteiger partial charge in [-0.2, -0.15) is 13.2 Å². The van der Waals surface area contributed by atoms with E-state index < -0.39 is 44.5 Å². The standard InChI is InChI=1S/C29H26F4N2O6S/c1-13-18(3-4-24(35-13)41-16-8-17(9-16)42(2,38)39)19-6-15(23(30)10-22(19)29(31,32)33)12-40-25-7-14-5-20-26(21(14)11-34-25)27(20)28(36)37/h3-4,6-7,10-11,16-17,20,26-27H,5,8-9,12H2,1-2H3,(H,36,37)/t16?,17?,20-,26-,27+/m1/s1. The monoisotopic (exact) mass is 606 g/mol. The van der Waals surface area contributed by atoms with Crippen LogP contribution in [0.4, 0.5) is 17.6 Å². The number of carboxylic acid groups (broad SMARTS) is 1. The number of rotatable bonds is 8. The van der Waals surface area contributed by atoms with Crippen LogP contribution >= 0.6 is 0 Å². The Morgan fingerprint density at radius 3 is 2.50 bits per heavy atom. The number of hydrogen-bond acceptors (Lipinski definition) is 7. The number of aliphatic carboxylic acids is 1. The minimum absolute atomic E-state index is 0.0243. The van der Waals surface area contributed by atoms with Crippen LogP contribution in [-0.4, -0.2) is 47.1 Å². The third-order valence-electron chi connectivity index (χ3n) is 8.43. The average molecular weight is 607 g/mol. The van der Waals surface area contributed by atoms with Gasteiger partial charge in [0.15, 0.2) is 9.84 Å². The third-order valence-corrected chi connectivity index (χ3v) is 10.0. The maximum absolute atomic E-state index is 14.9. The van der Waals surface area contributed by atoms with Crippen molar-refractivity contribution in [3.8, 4) is 22.9 Å². The van der Waals surface area contributed by atoms with Gasteiger partial charge in [0.2, 0.25) is 11.8 Å². The summed E-state index contributed by atoms with van der Waals surface area (Å²) in [6.45, 7) is 1.13. The van der Waals surface area contributed by atoms with Crippen molar-refractivity contribution in [1.82, 2.24) is 9.97 Å². The first-order chi connectivity index (χ1) is 19.7. The maximum Gasteiger partial charge on any atom is 0.417 e. The topological polar surface area (TPSA) is 116 Å². The second kappa shape index (κ2) is 9.92. The van der Waals surface area contributed by atoms with Crippen molar-refractivity contribution in [1.29, 1.82) is 0 Å². The van der Waals surface area contributed by atoms with Crippen molar-refractivity contribution in [2.75, 3.05) is 6.26 Å². The number of carbonyl (C=O) groups is 1. The van der Waals surface area contributed by atoms with Crippen LogP contribution in [0.25, 0.3) is 11.1 Å². The van der Waals surface area contributed by atoms with E-state index in [1.807, 2.05) is 0 Å². The lowest BCUT2D eigenvalue weighted by atomic mass is 9.95. The van der Waals surface area contributed by atoms with E-state index >= 15 is 0 Å². The van der Waals surface area contributed by atoms with E-state index in [1.54, 1.807) is 12.3 Å². The summed E-state index contributed by atoms with van der Waals surface area (Å²) in [5, 5.41) is 8.79. The Kier molecular flexibility index (Phi) is 6.71. The Bertz CT molecular complexity index is 1700. The van der Waals surface area contributed by atoms with Crippen LogP contribution in [0.1, 0.15) is 46.7 Å². The fraction of sp³-hybridized carbons (Fsp3) is 0.414. The number of benzene rings is 1. The molecule has 2 saturated carbocycles. The number of carboxylic acids is 1. The van der Waals surface area contributed by atoms with Crippen LogP contribution in [0.5, 0.6) is 11.8 Å². The van der Waals surface area contributed by atoms with Crippen molar-refractivity contribution in [2.45, 2.75) is 56.2 Å². The van der Waals surface area contributed by atoms with Gasteiger partial charge in [-0.1, -0.05) is 0 Å². The number of halogens is 4. The molecule has 0 radical (unpaired) electrons. The van der Waals surface area contributed by atoms with Gasteiger partial charge in [0.05, 0.1) is 16.7 Å². The number of pyridine rings is 2. The van der Waals surface area contributed by atoms with Gasteiger partial charge in [0, 0.05) is 60.2 Å². The number of hydrogen-bond donors (Lipinski definition) is 1. The molecule has 13 heteroatoms. The van der Waals surface area contributed by atoms with Crippen LogP contribution in [0.2, 0.25) is 0 Å². The van der Waals surface area contributed by atoms with Gasteiger partial charge in [-0.05, 0) is 54.2 Å². The fourth-order valence-corrected chi connectivity index (χ4v) is 7.17. The van der Waals surface area contributed by atoms with Crippen molar-refractivity contribution in [3.05, 3.63) is 70.3 Å². The lowest BCUT2D eigenvalue weighted by Crippen LogP contribution is -2.42. The zero-order valence-corrected chi connectivity index (χ0v) is 23.3. The van der Waals surface area contributed by atoms with E-state index in [-0.39, 0.29) is 58.7 Å². The molecule has 42 heavy (non-hydrogen) atoms. The lowest BCUT2D eigenvalue weighted by Gasteiger charge is -2.33. The van der Waals surface area contributed by atoms with Crippen molar-refractivity contribution in [3.63, 3.8) is 0 Å². The molecule has 0 unspecified atom stereocenters. The molecule has 0 saturated heterocycles. The number of fused-ring (bicyclic) bond motifs is 3. The molecule has 2 aromatic heterocycles. The number of ether oxygens (including phenoxy) is 2. The molecule has 222 valence electrons. The summed E-state index contributed by atoms with van der Waals surface area (Å²) in [5.74, 6) is -2.06. The number of aryl methyl sites for hydroxylation is 1. The Labute approximate surface area is 238 Å². The molecule has 1 aromatic carbocycles. The van der Waals surface area contributed by atoms with Crippen LogP contribution < -0.4 is 9.47 Å². The highest BCUT2D eigenvalue weighted by atomic mass is 32.2. The van der Waals surface area contributed by atoms with E-state index in [4.69, 9.17) is 9.47 Å². The summed E-state index contributed by atoms with van der Waals surface area (Å²) in [4.78, 5) is 19.8. The zero-order valence-electron chi connectivity index (χ0n) is 22.5. The molecule has 0 aliphatic heterocycles. The smallest absolute Gasteiger partial charge is 0.417 e. The minimum atomic E-state index is -4.85. The van der Waals surface area contributed by atoms with Gasteiger partial charge in [0.1, 0.15) is 18.5 Å². The second-order valence-electron chi connectivity index (χ2n) is 11.2. The zero-order chi connectivity index (χ0) is 30.1. The van der Waals surface area contributed by atoms with E-state index in [1.165, 1.54) is 19.1 Å². The van der Waals surface area contributed by atoms with E-state index in [0.29, 0.717) is 25.3 Å². The minimum Gasteiger partial charge on any atom is -0.481 e. The highest BCUT2D eigenvalue weighted by Crippen LogP contribution is 2.61. The fourth-order valence-electron chi connectivity index (χ4n) is 6.04. The molecule has 3 aliphatic rings. The maximum atomic E-state index is 14.9. The highest BCUT2D eigenvalue weighted by Gasteiger charge is 2.60. The Balaban J connectivity index is 1.21. The molecule has 3 aromatic rings. The molecule has 3 atom stereocenters. The summed E-state index contributed by atoms with van der Waals surface area (Å²) >= 11 is 0.